The van der Waals surface area contributed by atoms with E-state index in [9.17, 15) is 18.4 Å². The number of rotatable bonds is 5. The predicted octanol–water partition coefficient (Wildman–Crippen LogP) is 1.99. The molecule has 1 heterocycles. The van der Waals surface area contributed by atoms with Gasteiger partial charge < -0.3 is 10.4 Å². The molecule has 0 radical (unpaired) electrons. The molecule has 0 aliphatic heterocycles. The number of carboxylic acids is 1. The average molecular weight is 321 g/mol. The summed E-state index contributed by atoms with van der Waals surface area (Å²) in [5.41, 5.74) is 0.322. The Hall–Kier alpha value is -2.77. The molecule has 1 saturated carbocycles. The second-order valence-corrected chi connectivity index (χ2v) is 5.40. The molecule has 23 heavy (non-hydrogen) atoms. The standard InChI is InChI=1S/C15H13F2N3O3/c16-8-1-2-9(12(17)5-8)10-6-11(10)15(23)18-13-3-4-20(19-13)7-14(21)22/h1-5,10-11H,6-7H2,(H,21,22)(H,18,19,23)/t10-,11-/m1/s1. The van der Waals surface area contributed by atoms with E-state index < -0.39 is 23.5 Å². The number of carbonyl (C=O) groups excluding carboxylic acids is 1. The topological polar surface area (TPSA) is 84.2 Å². The van der Waals surface area contributed by atoms with Crippen molar-refractivity contribution in [2.24, 2.45) is 5.92 Å². The Balaban J connectivity index is 1.62. The van der Waals surface area contributed by atoms with E-state index in [1.807, 2.05) is 0 Å². The summed E-state index contributed by atoms with van der Waals surface area (Å²) in [5, 5.41) is 15.1. The van der Waals surface area contributed by atoms with Gasteiger partial charge in [0.05, 0.1) is 0 Å². The zero-order chi connectivity index (χ0) is 16.6. The SMILES string of the molecule is O=C(O)Cn1ccc(NC(=O)[C@@H]2C[C@@H]2c2ccc(F)cc2F)n1. The number of aliphatic carboxylic acids is 1. The van der Waals surface area contributed by atoms with Crippen molar-refractivity contribution in [2.75, 3.05) is 5.32 Å². The molecule has 0 spiro atoms. The minimum atomic E-state index is -1.04. The number of aromatic nitrogens is 2. The monoisotopic (exact) mass is 321 g/mol. The Kier molecular flexibility index (Phi) is 3.81. The molecule has 0 unspecified atom stereocenters. The second kappa shape index (κ2) is 5.79. The Morgan fingerprint density at radius 3 is 2.83 bits per heavy atom. The molecule has 1 amide bonds. The summed E-state index contributed by atoms with van der Waals surface area (Å²) >= 11 is 0. The molecule has 8 heteroatoms. The van der Waals surface area contributed by atoms with E-state index in [1.54, 1.807) is 0 Å². The third-order valence-corrected chi connectivity index (χ3v) is 3.68. The van der Waals surface area contributed by atoms with Gasteiger partial charge in [-0.3, -0.25) is 14.3 Å². The highest BCUT2D eigenvalue weighted by Crippen LogP contribution is 2.48. The van der Waals surface area contributed by atoms with Crippen molar-refractivity contribution >= 4 is 17.7 Å². The van der Waals surface area contributed by atoms with Gasteiger partial charge in [0.25, 0.3) is 0 Å². The zero-order valence-corrected chi connectivity index (χ0v) is 11.9. The number of anilines is 1. The van der Waals surface area contributed by atoms with Crippen LogP contribution in [0.25, 0.3) is 0 Å². The van der Waals surface area contributed by atoms with Crippen LogP contribution in [-0.2, 0) is 16.1 Å². The summed E-state index contributed by atoms with van der Waals surface area (Å²) in [6.45, 7) is -0.303. The molecule has 1 aliphatic carbocycles. The summed E-state index contributed by atoms with van der Waals surface area (Å²) < 4.78 is 27.8. The van der Waals surface area contributed by atoms with Crippen molar-refractivity contribution in [1.29, 1.82) is 0 Å². The highest BCUT2D eigenvalue weighted by Gasteiger charge is 2.45. The van der Waals surface area contributed by atoms with Crippen LogP contribution in [0.1, 0.15) is 17.9 Å². The average Bonchev–Trinajstić information content (AvgIpc) is 3.13. The molecule has 2 atom stereocenters. The number of carbonyl (C=O) groups is 2. The lowest BCUT2D eigenvalue weighted by atomic mass is 10.1. The van der Waals surface area contributed by atoms with Crippen molar-refractivity contribution in [3.05, 3.63) is 47.7 Å². The minimum absolute atomic E-state index is 0.237. The van der Waals surface area contributed by atoms with Gasteiger partial charge in [-0.25, -0.2) is 8.78 Å². The van der Waals surface area contributed by atoms with Gasteiger partial charge >= 0.3 is 5.97 Å². The Bertz CT molecular complexity index is 775. The number of benzene rings is 1. The molecule has 3 rings (SSSR count). The van der Waals surface area contributed by atoms with Gasteiger partial charge in [0.2, 0.25) is 5.91 Å². The lowest BCUT2D eigenvalue weighted by molar-refractivity contribution is -0.137. The number of carboxylic acid groups (broad SMARTS) is 1. The maximum absolute atomic E-state index is 13.7. The molecular formula is C15H13F2N3O3. The predicted molar refractivity (Wildman–Crippen MR) is 75.7 cm³/mol. The molecule has 1 fully saturated rings. The number of hydrogen-bond donors (Lipinski definition) is 2. The molecule has 0 saturated heterocycles. The van der Waals surface area contributed by atoms with Crippen molar-refractivity contribution in [1.82, 2.24) is 9.78 Å². The summed E-state index contributed by atoms with van der Waals surface area (Å²) in [6, 6.07) is 4.80. The van der Waals surface area contributed by atoms with Gasteiger partial charge in [0, 0.05) is 24.2 Å². The van der Waals surface area contributed by atoms with E-state index in [4.69, 9.17) is 5.11 Å². The van der Waals surface area contributed by atoms with Crippen LogP contribution in [0.15, 0.2) is 30.5 Å². The zero-order valence-electron chi connectivity index (χ0n) is 11.9. The van der Waals surface area contributed by atoms with Crippen molar-refractivity contribution in [3.8, 4) is 0 Å². The first kappa shape index (κ1) is 15.1. The number of hydrogen-bond acceptors (Lipinski definition) is 3. The number of nitrogens with zero attached hydrogens (tertiary/aromatic N) is 2. The first-order valence-electron chi connectivity index (χ1n) is 6.95. The summed E-state index contributed by atoms with van der Waals surface area (Å²) in [5.74, 6) is -3.12. The lowest BCUT2D eigenvalue weighted by Crippen LogP contribution is -2.16. The van der Waals surface area contributed by atoms with Gasteiger partial charge in [0.1, 0.15) is 18.2 Å². The molecule has 6 nitrogen and oxygen atoms in total. The molecule has 1 aromatic carbocycles. The van der Waals surface area contributed by atoms with Gasteiger partial charge in [-0.2, -0.15) is 5.10 Å². The highest BCUT2D eigenvalue weighted by molar-refractivity contribution is 5.94. The van der Waals surface area contributed by atoms with Crippen LogP contribution in [0.3, 0.4) is 0 Å². The number of halogens is 2. The first-order chi connectivity index (χ1) is 10.9. The van der Waals surface area contributed by atoms with E-state index in [0.717, 1.165) is 6.07 Å². The van der Waals surface area contributed by atoms with Crippen molar-refractivity contribution in [3.63, 3.8) is 0 Å². The van der Waals surface area contributed by atoms with Gasteiger partial charge in [-0.15, -0.1) is 0 Å². The third-order valence-electron chi connectivity index (χ3n) is 3.68. The largest absolute Gasteiger partial charge is 0.480 e. The van der Waals surface area contributed by atoms with Crippen LogP contribution >= 0.6 is 0 Å². The molecule has 2 N–H and O–H groups in total. The minimum Gasteiger partial charge on any atom is -0.480 e. The van der Waals surface area contributed by atoms with Crippen molar-refractivity contribution in [2.45, 2.75) is 18.9 Å². The molecular weight excluding hydrogens is 308 g/mol. The van der Waals surface area contributed by atoms with Crippen LogP contribution in [0.4, 0.5) is 14.6 Å². The lowest BCUT2D eigenvalue weighted by Gasteiger charge is -2.03. The smallest absolute Gasteiger partial charge is 0.325 e. The van der Waals surface area contributed by atoms with Crippen LogP contribution in [0, 0.1) is 17.6 Å². The first-order valence-corrected chi connectivity index (χ1v) is 6.95. The number of nitrogens with one attached hydrogen (secondary N) is 1. The summed E-state index contributed by atoms with van der Waals surface area (Å²) in [6.07, 6.45) is 1.91. The summed E-state index contributed by atoms with van der Waals surface area (Å²) in [4.78, 5) is 22.7. The fourth-order valence-corrected chi connectivity index (χ4v) is 2.50. The number of amides is 1. The normalized spacial score (nSPS) is 19.4. The van der Waals surface area contributed by atoms with Gasteiger partial charge in [-0.05, 0) is 24.0 Å². The molecule has 2 aromatic rings. The maximum atomic E-state index is 13.7. The van der Waals surface area contributed by atoms with Crippen LogP contribution in [-0.4, -0.2) is 26.8 Å². The Morgan fingerprint density at radius 2 is 2.13 bits per heavy atom. The fraction of sp³-hybridized carbons (Fsp3) is 0.267. The fourth-order valence-electron chi connectivity index (χ4n) is 2.50. The van der Waals surface area contributed by atoms with Crippen LogP contribution < -0.4 is 5.32 Å². The van der Waals surface area contributed by atoms with Crippen LogP contribution in [0.2, 0.25) is 0 Å². The molecule has 1 aromatic heterocycles. The maximum Gasteiger partial charge on any atom is 0.325 e. The Morgan fingerprint density at radius 1 is 1.35 bits per heavy atom. The Labute approximate surface area is 129 Å². The summed E-state index contributed by atoms with van der Waals surface area (Å²) in [7, 11) is 0. The van der Waals surface area contributed by atoms with Gasteiger partial charge in [0.15, 0.2) is 5.82 Å². The van der Waals surface area contributed by atoms with E-state index >= 15 is 0 Å². The van der Waals surface area contributed by atoms with Crippen LogP contribution in [0.5, 0.6) is 0 Å². The molecule has 0 bridgehead atoms. The third kappa shape index (κ3) is 3.36. The van der Waals surface area contributed by atoms with E-state index in [1.165, 1.54) is 29.1 Å². The van der Waals surface area contributed by atoms with Gasteiger partial charge in [-0.1, -0.05) is 6.07 Å². The molecule has 1 aliphatic rings. The highest BCUT2D eigenvalue weighted by atomic mass is 19.1. The van der Waals surface area contributed by atoms with E-state index in [2.05, 4.69) is 10.4 Å². The van der Waals surface area contributed by atoms with Crippen molar-refractivity contribution < 1.29 is 23.5 Å². The van der Waals surface area contributed by atoms with E-state index in [-0.39, 0.29) is 24.2 Å². The van der Waals surface area contributed by atoms with E-state index in [0.29, 0.717) is 12.0 Å². The second-order valence-electron chi connectivity index (χ2n) is 5.40. The quantitative estimate of drug-likeness (QED) is 0.882. The molecule has 120 valence electrons.